The lowest BCUT2D eigenvalue weighted by molar-refractivity contribution is 0.0932. The number of fused-ring (bicyclic) bond motifs is 1. The van der Waals surface area contributed by atoms with Gasteiger partial charge in [0.25, 0.3) is 10.0 Å². The predicted molar refractivity (Wildman–Crippen MR) is 59.6 cm³/mol. The zero-order chi connectivity index (χ0) is 11.9. The van der Waals surface area contributed by atoms with Gasteiger partial charge in [-0.2, -0.15) is 0 Å². The van der Waals surface area contributed by atoms with Gasteiger partial charge in [0.1, 0.15) is 0 Å². The summed E-state index contributed by atoms with van der Waals surface area (Å²) in [6.07, 6.45) is 0. The molecule has 5 nitrogen and oxygen atoms in total. The number of nitrogens with zero attached hydrogens (tertiary/aromatic N) is 1. The number of aromatic nitrogens is 1. The largest absolute Gasteiger partial charge is 0.274 e. The number of primary sulfonamides is 1. The Hall–Kier alpha value is -1.66. The second-order valence-electron chi connectivity index (χ2n) is 3.44. The van der Waals surface area contributed by atoms with Gasteiger partial charge in [-0.25, -0.2) is 13.6 Å². The molecule has 0 aliphatic rings. The molecule has 0 saturated heterocycles. The van der Waals surface area contributed by atoms with Crippen molar-refractivity contribution in [1.82, 2.24) is 4.57 Å². The van der Waals surface area contributed by atoms with Crippen LogP contribution in [0.5, 0.6) is 0 Å². The molecular weight excluding hydrogens is 228 g/mol. The van der Waals surface area contributed by atoms with Crippen LogP contribution >= 0.6 is 0 Å². The number of carbonyl (C=O) groups is 1. The van der Waals surface area contributed by atoms with Gasteiger partial charge in [-0.1, -0.05) is 18.2 Å². The maximum absolute atomic E-state index is 11.4. The number of para-hydroxylation sites is 1. The van der Waals surface area contributed by atoms with Crippen LogP contribution in [0.1, 0.15) is 11.7 Å². The fourth-order valence-electron chi connectivity index (χ4n) is 1.66. The second kappa shape index (κ2) is 3.43. The first kappa shape index (κ1) is 10.8. The summed E-state index contributed by atoms with van der Waals surface area (Å²) in [4.78, 5) is 11.4. The summed E-state index contributed by atoms with van der Waals surface area (Å²) >= 11 is 0. The molecule has 2 rings (SSSR count). The molecule has 0 fully saturated rings. The summed E-state index contributed by atoms with van der Waals surface area (Å²) in [5, 5.41) is 5.55. The number of rotatable bonds is 1. The van der Waals surface area contributed by atoms with E-state index in [1.807, 2.05) is 0 Å². The van der Waals surface area contributed by atoms with Crippen molar-refractivity contribution in [1.29, 1.82) is 0 Å². The van der Waals surface area contributed by atoms with Gasteiger partial charge in [-0.3, -0.25) is 9.36 Å². The fourth-order valence-corrected chi connectivity index (χ4v) is 2.44. The average molecular weight is 238 g/mol. The van der Waals surface area contributed by atoms with Crippen molar-refractivity contribution in [2.45, 2.75) is 11.9 Å². The number of hydrogen-bond donors (Lipinski definition) is 1. The van der Waals surface area contributed by atoms with Crippen LogP contribution < -0.4 is 5.14 Å². The number of hydrogen-bond acceptors (Lipinski definition) is 3. The summed E-state index contributed by atoms with van der Waals surface area (Å²) in [6, 6.07) is 8.29. The molecule has 0 atom stereocenters. The van der Waals surface area contributed by atoms with Gasteiger partial charge in [0.2, 0.25) is 5.91 Å². The first-order chi connectivity index (χ1) is 7.41. The second-order valence-corrected chi connectivity index (χ2v) is 4.95. The molecule has 0 radical (unpaired) electrons. The zero-order valence-electron chi connectivity index (χ0n) is 8.54. The lowest BCUT2D eigenvalue weighted by Crippen LogP contribution is -2.19. The summed E-state index contributed by atoms with van der Waals surface area (Å²) < 4.78 is 23.8. The van der Waals surface area contributed by atoms with Crippen molar-refractivity contribution in [2.75, 3.05) is 0 Å². The van der Waals surface area contributed by atoms with Gasteiger partial charge in [0.15, 0.2) is 5.03 Å². The topological polar surface area (TPSA) is 82.2 Å². The van der Waals surface area contributed by atoms with E-state index < -0.39 is 10.0 Å². The highest BCUT2D eigenvalue weighted by atomic mass is 32.2. The van der Waals surface area contributed by atoms with Crippen LogP contribution in [0.25, 0.3) is 10.9 Å². The van der Waals surface area contributed by atoms with E-state index in [-0.39, 0.29) is 10.9 Å². The normalized spacial score (nSPS) is 11.9. The van der Waals surface area contributed by atoms with Gasteiger partial charge in [-0.05, 0) is 12.1 Å². The van der Waals surface area contributed by atoms with Gasteiger partial charge < -0.3 is 0 Å². The minimum atomic E-state index is -3.90. The Morgan fingerprint density at radius 2 is 1.94 bits per heavy atom. The third-order valence-corrected chi connectivity index (χ3v) is 3.17. The Balaban J connectivity index is 2.95. The van der Waals surface area contributed by atoms with Gasteiger partial charge in [-0.15, -0.1) is 0 Å². The Kier molecular flexibility index (Phi) is 2.32. The van der Waals surface area contributed by atoms with Crippen LogP contribution in [0.3, 0.4) is 0 Å². The minimum Gasteiger partial charge on any atom is -0.274 e. The van der Waals surface area contributed by atoms with Crippen LogP contribution in [0.2, 0.25) is 0 Å². The van der Waals surface area contributed by atoms with Gasteiger partial charge in [0.05, 0.1) is 5.52 Å². The number of benzene rings is 1. The third-order valence-electron chi connectivity index (χ3n) is 2.28. The quantitative estimate of drug-likeness (QED) is 0.802. The van der Waals surface area contributed by atoms with E-state index >= 15 is 0 Å². The highest BCUT2D eigenvalue weighted by molar-refractivity contribution is 7.89. The Morgan fingerprint density at radius 3 is 2.50 bits per heavy atom. The summed E-state index contributed by atoms with van der Waals surface area (Å²) in [7, 11) is -3.90. The smallest absolute Gasteiger partial charge is 0.254 e. The SMILES string of the molecule is CC(=O)n1c(S(N)(=O)=O)cc2ccccc21. The van der Waals surface area contributed by atoms with Gasteiger partial charge in [0, 0.05) is 12.3 Å². The summed E-state index contributed by atoms with van der Waals surface area (Å²) in [5.74, 6) is -0.384. The average Bonchev–Trinajstić information content (AvgIpc) is 2.55. The maximum Gasteiger partial charge on any atom is 0.254 e. The van der Waals surface area contributed by atoms with Gasteiger partial charge >= 0.3 is 0 Å². The van der Waals surface area contributed by atoms with Crippen LogP contribution in [-0.2, 0) is 10.0 Å². The number of carbonyl (C=O) groups excluding carboxylic acids is 1. The van der Waals surface area contributed by atoms with Crippen LogP contribution in [0.4, 0.5) is 0 Å². The van der Waals surface area contributed by atoms with Crippen LogP contribution in [-0.4, -0.2) is 18.9 Å². The summed E-state index contributed by atoms with van der Waals surface area (Å²) in [5.41, 5.74) is 0.541. The molecular formula is C10H10N2O3S. The molecule has 16 heavy (non-hydrogen) atoms. The standard InChI is InChI=1S/C10H10N2O3S/c1-7(13)12-9-5-3-2-4-8(9)6-10(12)16(11,14)15/h2-6H,1H3,(H2,11,14,15). The molecule has 0 saturated carbocycles. The van der Waals surface area contributed by atoms with Crippen molar-refractivity contribution in [3.05, 3.63) is 30.3 Å². The maximum atomic E-state index is 11.4. The van der Waals surface area contributed by atoms with Crippen molar-refractivity contribution < 1.29 is 13.2 Å². The highest BCUT2D eigenvalue weighted by Crippen LogP contribution is 2.22. The molecule has 1 aromatic heterocycles. The molecule has 0 aliphatic carbocycles. The molecule has 1 aromatic carbocycles. The monoisotopic (exact) mass is 238 g/mol. The fraction of sp³-hybridized carbons (Fsp3) is 0.100. The van der Waals surface area contributed by atoms with E-state index in [0.717, 1.165) is 4.57 Å². The van der Waals surface area contributed by atoms with E-state index in [9.17, 15) is 13.2 Å². The van der Waals surface area contributed by atoms with Crippen LogP contribution in [0, 0.1) is 0 Å². The molecule has 0 unspecified atom stereocenters. The number of sulfonamides is 1. The van der Waals surface area contributed by atoms with Crippen LogP contribution in [0.15, 0.2) is 35.4 Å². The molecule has 0 aliphatic heterocycles. The molecule has 0 spiro atoms. The molecule has 0 amide bonds. The van der Waals surface area contributed by atoms with E-state index in [1.54, 1.807) is 24.3 Å². The Bertz CT molecular complexity index is 670. The lowest BCUT2D eigenvalue weighted by Gasteiger charge is -2.03. The Labute approximate surface area is 92.5 Å². The molecule has 84 valence electrons. The molecule has 1 heterocycles. The van der Waals surface area contributed by atoms with Crippen molar-refractivity contribution in [3.63, 3.8) is 0 Å². The minimum absolute atomic E-state index is 0.179. The van der Waals surface area contributed by atoms with E-state index in [1.165, 1.54) is 13.0 Å². The van der Waals surface area contributed by atoms with Crippen molar-refractivity contribution in [2.24, 2.45) is 5.14 Å². The van der Waals surface area contributed by atoms with Crippen molar-refractivity contribution in [3.8, 4) is 0 Å². The predicted octanol–water partition coefficient (Wildman–Crippen LogP) is 0.949. The van der Waals surface area contributed by atoms with Crippen molar-refractivity contribution >= 4 is 26.8 Å². The Morgan fingerprint density at radius 1 is 1.31 bits per heavy atom. The summed E-state index contributed by atoms with van der Waals surface area (Å²) in [6.45, 7) is 1.29. The van der Waals surface area contributed by atoms with E-state index in [0.29, 0.717) is 10.9 Å². The van der Waals surface area contributed by atoms with E-state index in [4.69, 9.17) is 5.14 Å². The number of nitrogens with two attached hydrogens (primary N) is 1. The molecule has 6 heteroatoms. The van der Waals surface area contributed by atoms with E-state index in [2.05, 4.69) is 0 Å². The molecule has 2 N–H and O–H groups in total. The zero-order valence-corrected chi connectivity index (χ0v) is 9.36. The highest BCUT2D eigenvalue weighted by Gasteiger charge is 2.19. The molecule has 2 aromatic rings. The molecule has 0 bridgehead atoms. The third kappa shape index (κ3) is 1.62. The first-order valence-electron chi connectivity index (χ1n) is 4.55. The first-order valence-corrected chi connectivity index (χ1v) is 6.10. The lowest BCUT2D eigenvalue weighted by atomic mass is 10.2.